The monoisotopic (exact) mass is 522 g/mol. The molecule has 1 saturated heterocycles. The molecule has 2 aliphatic rings. The Labute approximate surface area is 221 Å². The number of nitrogens with one attached hydrogen (secondary N) is 1. The van der Waals surface area contributed by atoms with E-state index in [1.54, 1.807) is 19.2 Å². The lowest BCUT2D eigenvalue weighted by Crippen LogP contribution is -2.68. The maximum Gasteiger partial charge on any atom is 0.223 e. The minimum Gasteiger partial charge on any atom is -0.493 e. The molecule has 1 amide bonds. The average Bonchev–Trinajstić information content (AvgIpc) is 3.06. The number of nitrogens with zero attached hydrogens (tertiary/aromatic N) is 1. The molecule has 2 aliphatic heterocycles. The largest absolute Gasteiger partial charge is 0.493 e. The molecule has 5 rings (SSSR count). The molecule has 7 heteroatoms. The van der Waals surface area contributed by atoms with Crippen molar-refractivity contribution in [1.82, 2.24) is 5.32 Å². The summed E-state index contributed by atoms with van der Waals surface area (Å²) in [7, 11) is 1.61. The molecular weight excluding hydrogens is 495 g/mol. The minimum absolute atomic E-state index is 0.0546. The molecule has 2 heterocycles. The molecule has 0 aliphatic carbocycles. The van der Waals surface area contributed by atoms with Crippen LogP contribution in [0.5, 0.6) is 11.5 Å². The van der Waals surface area contributed by atoms with E-state index >= 15 is 0 Å². The SMILES string of the molecule is COc1cc(/C=C/C23NC(=O)CCN2c2ccccc2C3(C)C)ccc1OCc1ccc(Cl)cc1Cl. The lowest BCUT2D eigenvalue weighted by Gasteiger charge is -2.49. The van der Waals surface area contributed by atoms with Crippen molar-refractivity contribution in [3.8, 4) is 11.5 Å². The van der Waals surface area contributed by atoms with Crippen LogP contribution in [0.3, 0.4) is 0 Å². The highest BCUT2D eigenvalue weighted by Gasteiger charge is 2.57. The van der Waals surface area contributed by atoms with E-state index in [4.69, 9.17) is 32.7 Å². The van der Waals surface area contributed by atoms with Crippen molar-refractivity contribution < 1.29 is 14.3 Å². The standard InChI is InChI=1S/C29H28Cl2N2O3/c1-28(2)22-6-4-5-7-24(22)33-15-13-27(34)32-29(28,33)14-12-19-8-11-25(26(16-19)35-3)36-18-20-9-10-21(30)17-23(20)31/h4-12,14,16-17H,13,15,18H2,1-3H3,(H,32,34)/b14-12+. The van der Waals surface area contributed by atoms with Gasteiger partial charge in [0.1, 0.15) is 12.3 Å². The second-order valence-electron chi connectivity index (χ2n) is 9.63. The number of ether oxygens (including phenoxy) is 2. The Kier molecular flexibility index (Phi) is 6.39. The van der Waals surface area contributed by atoms with E-state index in [9.17, 15) is 4.79 Å². The number of halogens is 2. The van der Waals surface area contributed by atoms with Gasteiger partial charge in [-0.15, -0.1) is 0 Å². The van der Waals surface area contributed by atoms with Crippen LogP contribution in [0.2, 0.25) is 10.0 Å². The van der Waals surface area contributed by atoms with E-state index in [1.165, 1.54) is 5.56 Å². The fourth-order valence-electron chi connectivity index (χ4n) is 5.24. The van der Waals surface area contributed by atoms with Crippen molar-refractivity contribution in [2.24, 2.45) is 0 Å². The average molecular weight is 523 g/mol. The first-order chi connectivity index (χ1) is 17.2. The van der Waals surface area contributed by atoms with E-state index < -0.39 is 5.66 Å². The second-order valence-corrected chi connectivity index (χ2v) is 10.5. The van der Waals surface area contributed by atoms with Crippen LogP contribution in [0.1, 0.15) is 37.0 Å². The molecule has 0 aromatic heterocycles. The van der Waals surface area contributed by atoms with Crippen molar-refractivity contribution >= 4 is 40.9 Å². The number of rotatable bonds is 6. The topological polar surface area (TPSA) is 50.8 Å². The fourth-order valence-corrected chi connectivity index (χ4v) is 5.70. The highest BCUT2D eigenvalue weighted by molar-refractivity contribution is 6.35. The number of anilines is 1. The maximum absolute atomic E-state index is 12.6. The number of hydrogen-bond acceptors (Lipinski definition) is 4. The number of hydrogen-bond donors (Lipinski definition) is 1. The molecule has 1 atom stereocenters. The van der Waals surface area contributed by atoms with Crippen LogP contribution in [0.25, 0.3) is 6.08 Å². The first kappa shape index (κ1) is 24.5. The summed E-state index contributed by atoms with van der Waals surface area (Å²) in [6.07, 6.45) is 4.61. The molecule has 186 valence electrons. The van der Waals surface area contributed by atoms with E-state index in [0.29, 0.717) is 34.5 Å². The summed E-state index contributed by atoms with van der Waals surface area (Å²) >= 11 is 12.3. The molecule has 0 bridgehead atoms. The number of fused-ring (bicyclic) bond motifs is 3. The highest BCUT2D eigenvalue weighted by atomic mass is 35.5. The molecule has 5 nitrogen and oxygen atoms in total. The second kappa shape index (κ2) is 9.38. The van der Waals surface area contributed by atoms with Crippen molar-refractivity contribution in [1.29, 1.82) is 0 Å². The summed E-state index contributed by atoms with van der Waals surface area (Å²) in [5.41, 5.74) is 3.15. The Hall–Kier alpha value is -3.15. The lowest BCUT2D eigenvalue weighted by atomic mass is 9.74. The molecule has 1 fully saturated rings. The van der Waals surface area contributed by atoms with Gasteiger partial charge in [-0.1, -0.05) is 73.5 Å². The zero-order valence-electron chi connectivity index (χ0n) is 20.5. The summed E-state index contributed by atoms with van der Waals surface area (Å²) in [5, 5.41) is 4.45. The highest BCUT2D eigenvalue weighted by Crippen LogP contribution is 2.52. The number of benzene rings is 3. The van der Waals surface area contributed by atoms with Gasteiger partial charge in [0.15, 0.2) is 11.5 Å². The Balaban J connectivity index is 1.43. The van der Waals surface area contributed by atoms with Crippen molar-refractivity contribution in [2.45, 2.75) is 38.0 Å². The zero-order valence-corrected chi connectivity index (χ0v) is 22.0. The molecule has 0 spiro atoms. The summed E-state index contributed by atoms with van der Waals surface area (Å²) < 4.78 is 11.6. The third-order valence-electron chi connectivity index (χ3n) is 7.24. The van der Waals surface area contributed by atoms with E-state index in [-0.39, 0.29) is 17.9 Å². The first-order valence-corrected chi connectivity index (χ1v) is 12.6. The molecular formula is C29H28Cl2N2O3. The number of carbonyl (C=O) groups is 1. The Morgan fingerprint density at radius 3 is 2.64 bits per heavy atom. The van der Waals surface area contributed by atoms with Crippen LogP contribution in [-0.2, 0) is 16.8 Å². The number of carbonyl (C=O) groups excluding carboxylic acids is 1. The third kappa shape index (κ3) is 4.10. The van der Waals surface area contributed by atoms with E-state index in [0.717, 1.165) is 16.8 Å². The van der Waals surface area contributed by atoms with Crippen molar-refractivity contribution in [3.05, 3.63) is 93.5 Å². The first-order valence-electron chi connectivity index (χ1n) is 11.9. The molecule has 3 aromatic carbocycles. The summed E-state index contributed by atoms with van der Waals surface area (Å²) in [6.45, 7) is 5.32. The van der Waals surface area contributed by atoms with Crippen LogP contribution < -0.4 is 19.7 Å². The number of methoxy groups -OCH3 is 1. The van der Waals surface area contributed by atoms with Crippen LogP contribution in [-0.4, -0.2) is 25.2 Å². The van der Waals surface area contributed by atoms with Gasteiger partial charge in [-0.05, 0) is 47.5 Å². The molecule has 1 unspecified atom stereocenters. The number of para-hydroxylation sites is 1. The predicted molar refractivity (Wildman–Crippen MR) is 145 cm³/mol. The van der Waals surface area contributed by atoms with Gasteiger partial charge in [-0.3, -0.25) is 4.79 Å². The molecule has 0 saturated carbocycles. The Morgan fingerprint density at radius 2 is 1.86 bits per heavy atom. The van der Waals surface area contributed by atoms with Crippen LogP contribution >= 0.6 is 23.2 Å². The van der Waals surface area contributed by atoms with Gasteiger partial charge in [-0.2, -0.15) is 0 Å². The Morgan fingerprint density at radius 1 is 1.06 bits per heavy atom. The predicted octanol–water partition coefficient (Wildman–Crippen LogP) is 6.61. The van der Waals surface area contributed by atoms with Gasteiger partial charge < -0.3 is 19.7 Å². The van der Waals surface area contributed by atoms with Gasteiger partial charge in [0.05, 0.1) is 7.11 Å². The normalized spacial score (nSPS) is 20.1. The summed E-state index contributed by atoms with van der Waals surface area (Å²) in [5.74, 6) is 1.28. The fraction of sp³-hybridized carbons (Fsp3) is 0.276. The maximum atomic E-state index is 12.6. The minimum atomic E-state index is -0.667. The molecule has 3 aromatic rings. The van der Waals surface area contributed by atoms with Crippen molar-refractivity contribution in [3.63, 3.8) is 0 Å². The Bertz CT molecular complexity index is 1350. The van der Waals surface area contributed by atoms with E-state index in [2.05, 4.69) is 48.3 Å². The van der Waals surface area contributed by atoms with Crippen LogP contribution in [0.4, 0.5) is 5.69 Å². The van der Waals surface area contributed by atoms with Crippen LogP contribution in [0.15, 0.2) is 66.7 Å². The van der Waals surface area contributed by atoms with Crippen LogP contribution in [0, 0.1) is 0 Å². The summed E-state index contributed by atoms with van der Waals surface area (Å²) in [4.78, 5) is 14.9. The molecule has 36 heavy (non-hydrogen) atoms. The van der Waals surface area contributed by atoms with Gasteiger partial charge in [0.2, 0.25) is 5.91 Å². The molecule has 1 N–H and O–H groups in total. The van der Waals surface area contributed by atoms with E-state index in [1.807, 2.05) is 36.4 Å². The quantitative estimate of drug-likeness (QED) is 0.395. The number of amides is 1. The van der Waals surface area contributed by atoms with Crippen molar-refractivity contribution in [2.75, 3.05) is 18.6 Å². The lowest BCUT2D eigenvalue weighted by molar-refractivity contribution is -0.124. The third-order valence-corrected chi connectivity index (χ3v) is 7.83. The summed E-state index contributed by atoms with van der Waals surface area (Å²) in [6, 6.07) is 19.5. The van der Waals surface area contributed by atoms with Gasteiger partial charge in [-0.25, -0.2) is 0 Å². The van der Waals surface area contributed by atoms with Gasteiger partial charge in [0, 0.05) is 39.7 Å². The smallest absolute Gasteiger partial charge is 0.223 e. The zero-order chi connectivity index (χ0) is 25.5. The van der Waals surface area contributed by atoms with Gasteiger partial charge >= 0.3 is 0 Å². The van der Waals surface area contributed by atoms with Gasteiger partial charge in [0.25, 0.3) is 0 Å². The molecule has 0 radical (unpaired) electrons.